The van der Waals surface area contributed by atoms with E-state index in [0.717, 1.165) is 65.1 Å². The van der Waals surface area contributed by atoms with Gasteiger partial charge in [-0.1, -0.05) is 47.6 Å². The van der Waals surface area contributed by atoms with Gasteiger partial charge in [0.25, 0.3) is 0 Å². The van der Waals surface area contributed by atoms with Crippen LogP contribution in [-0.2, 0) is 17.4 Å². The average molecular weight is 610 g/mol. The highest BCUT2D eigenvalue weighted by molar-refractivity contribution is 7.99. The molecule has 1 spiro atoms. The number of halogens is 1. The molecular formula is C30H36ClN7OS2. The van der Waals surface area contributed by atoms with Crippen molar-refractivity contribution in [2.75, 3.05) is 23.7 Å². The Hall–Kier alpha value is -2.66. The van der Waals surface area contributed by atoms with Gasteiger partial charge in [0.2, 0.25) is 5.95 Å². The van der Waals surface area contributed by atoms with Crippen molar-refractivity contribution in [3.63, 3.8) is 0 Å². The number of benzene rings is 1. The molecule has 0 amide bonds. The SMILES string of the molecule is Cc1cn2c(N3CCC4(CC3)Cc3ccccc3[C@H]4NS(=O)C(C)(C)C)nc(C)c(Sc3ccnc(N)c3Cl)c2n1. The van der Waals surface area contributed by atoms with Crippen molar-refractivity contribution in [3.8, 4) is 0 Å². The first-order valence-electron chi connectivity index (χ1n) is 13.9. The molecule has 3 aromatic heterocycles. The zero-order chi connectivity index (χ0) is 29.1. The Morgan fingerprint density at radius 3 is 2.61 bits per heavy atom. The number of nitrogens with two attached hydrogens (primary N) is 1. The number of pyridine rings is 1. The first-order valence-corrected chi connectivity index (χ1v) is 16.3. The zero-order valence-corrected chi connectivity index (χ0v) is 26.5. The molecule has 8 nitrogen and oxygen atoms in total. The van der Waals surface area contributed by atoms with E-state index in [0.29, 0.717) is 10.8 Å². The number of rotatable bonds is 5. The number of piperidine rings is 1. The number of hydrogen-bond donors (Lipinski definition) is 2. The van der Waals surface area contributed by atoms with Gasteiger partial charge in [0.1, 0.15) is 5.82 Å². The average Bonchev–Trinajstić information content (AvgIpc) is 3.45. The fraction of sp³-hybridized carbons (Fsp3) is 0.433. The largest absolute Gasteiger partial charge is 0.382 e. The summed E-state index contributed by atoms with van der Waals surface area (Å²) < 4.78 is 18.6. The van der Waals surface area contributed by atoms with E-state index >= 15 is 0 Å². The van der Waals surface area contributed by atoms with E-state index in [9.17, 15) is 4.21 Å². The molecule has 216 valence electrons. The Balaban J connectivity index is 1.30. The Bertz CT molecular complexity index is 1660. The van der Waals surface area contributed by atoms with Crippen molar-refractivity contribution < 1.29 is 4.21 Å². The number of anilines is 2. The van der Waals surface area contributed by atoms with Crippen LogP contribution in [0.25, 0.3) is 5.65 Å². The maximum atomic E-state index is 13.3. The fourth-order valence-electron chi connectivity index (χ4n) is 6.08. The van der Waals surface area contributed by atoms with Crippen LogP contribution >= 0.6 is 23.4 Å². The summed E-state index contributed by atoms with van der Waals surface area (Å²) in [6.45, 7) is 11.8. The molecule has 2 atom stereocenters. The molecule has 2 aliphatic rings. The van der Waals surface area contributed by atoms with Crippen molar-refractivity contribution in [1.82, 2.24) is 24.1 Å². The Morgan fingerprint density at radius 1 is 1.15 bits per heavy atom. The predicted octanol–water partition coefficient (Wildman–Crippen LogP) is 6.06. The number of hydrogen-bond acceptors (Lipinski definition) is 7. The van der Waals surface area contributed by atoms with E-state index in [1.54, 1.807) is 6.20 Å². The molecule has 4 heterocycles. The van der Waals surface area contributed by atoms with Gasteiger partial charge in [-0.05, 0) is 76.5 Å². The molecule has 1 fully saturated rings. The first kappa shape index (κ1) is 28.5. The van der Waals surface area contributed by atoms with E-state index in [1.165, 1.54) is 22.9 Å². The summed E-state index contributed by atoms with van der Waals surface area (Å²) in [7, 11) is -1.16. The van der Waals surface area contributed by atoms with Gasteiger partial charge in [0.05, 0.1) is 43.1 Å². The topological polar surface area (TPSA) is 101 Å². The maximum Gasteiger partial charge on any atom is 0.211 e. The second-order valence-electron chi connectivity index (χ2n) is 12.2. The number of nitrogens with one attached hydrogen (secondary N) is 1. The van der Waals surface area contributed by atoms with Crippen molar-refractivity contribution in [2.24, 2.45) is 5.41 Å². The Kier molecular flexibility index (Phi) is 7.33. The van der Waals surface area contributed by atoms with Gasteiger partial charge >= 0.3 is 0 Å². The monoisotopic (exact) mass is 609 g/mol. The van der Waals surface area contributed by atoms with Crippen LogP contribution in [0.1, 0.15) is 62.2 Å². The van der Waals surface area contributed by atoms with Crippen LogP contribution in [0.2, 0.25) is 5.02 Å². The van der Waals surface area contributed by atoms with Crippen molar-refractivity contribution in [1.29, 1.82) is 0 Å². The van der Waals surface area contributed by atoms with E-state index in [1.807, 2.05) is 40.7 Å². The van der Waals surface area contributed by atoms with Gasteiger partial charge in [0.15, 0.2) is 5.65 Å². The standard InChI is InChI=1S/C30H36ClN7OS2/c1-18-17-38-27(34-18)24(40-22-10-13-33-26(32)23(22)31)19(2)35-28(38)37-14-11-30(12-15-37)16-20-8-6-7-9-21(20)25(30)36-41(39)29(3,4)5/h6-10,13,17,25,36H,11-12,14-16H2,1-5H3,(H2,32,33)/t25-,41?/m1/s1. The van der Waals surface area contributed by atoms with Crippen LogP contribution in [0.4, 0.5) is 11.8 Å². The lowest BCUT2D eigenvalue weighted by Gasteiger charge is -2.44. The minimum Gasteiger partial charge on any atom is -0.382 e. The molecule has 6 rings (SSSR count). The molecule has 1 saturated heterocycles. The van der Waals surface area contributed by atoms with Crippen LogP contribution in [0.3, 0.4) is 0 Å². The lowest BCUT2D eigenvalue weighted by Crippen LogP contribution is -2.48. The molecule has 0 saturated carbocycles. The third-order valence-electron chi connectivity index (χ3n) is 8.28. The zero-order valence-electron chi connectivity index (χ0n) is 24.1. The van der Waals surface area contributed by atoms with Crippen LogP contribution in [0, 0.1) is 19.3 Å². The molecule has 0 bridgehead atoms. The molecule has 41 heavy (non-hydrogen) atoms. The number of aryl methyl sites for hydroxylation is 2. The van der Waals surface area contributed by atoms with Crippen molar-refractivity contribution in [2.45, 2.75) is 74.5 Å². The minimum absolute atomic E-state index is 0.00787. The summed E-state index contributed by atoms with van der Waals surface area (Å²) in [6.07, 6.45) is 6.65. The van der Waals surface area contributed by atoms with Crippen LogP contribution in [0.15, 0.2) is 52.5 Å². The summed E-state index contributed by atoms with van der Waals surface area (Å²) >= 11 is 7.99. The third-order valence-corrected chi connectivity index (χ3v) is 11.6. The number of imidazole rings is 1. The number of nitrogens with zero attached hydrogens (tertiary/aromatic N) is 5. The molecule has 0 radical (unpaired) electrons. The fourth-order valence-corrected chi connectivity index (χ4v) is 8.22. The minimum atomic E-state index is -1.16. The third kappa shape index (κ3) is 5.13. The number of nitrogen functional groups attached to an aromatic ring is 1. The van der Waals surface area contributed by atoms with E-state index < -0.39 is 11.0 Å². The highest BCUT2D eigenvalue weighted by Crippen LogP contribution is 2.52. The lowest BCUT2D eigenvalue weighted by atomic mass is 9.73. The molecular weight excluding hydrogens is 574 g/mol. The highest BCUT2D eigenvalue weighted by atomic mass is 35.5. The summed E-state index contributed by atoms with van der Waals surface area (Å²) in [5, 5.41) is 0.442. The van der Waals surface area contributed by atoms with Gasteiger partial charge in [-0.3, -0.25) is 4.40 Å². The number of aromatic nitrogens is 4. The first-order chi connectivity index (χ1) is 19.5. The van der Waals surface area contributed by atoms with Gasteiger partial charge in [-0.25, -0.2) is 23.9 Å². The molecule has 11 heteroatoms. The van der Waals surface area contributed by atoms with E-state index in [-0.39, 0.29) is 16.2 Å². The Labute approximate surface area is 253 Å². The van der Waals surface area contributed by atoms with Gasteiger partial charge in [-0.2, -0.15) is 0 Å². The lowest BCUT2D eigenvalue weighted by molar-refractivity contribution is 0.177. The summed E-state index contributed by atoms with van der Waals surface area (Å²) in [6, 6.07) is 10.6. The van der Waals surface area contributed by atoms with Crippen LogP contribution < -0.4 is 15.4 Å². The quantitative estimate of drug-likeness (QED) is 0.283. The van der Waals surface area contributed by atoms with Crippen LogP contribution in [-0.4, -0.2) is 41.4 Å². The van der Waals surface area contributed by atoms with E-state index in [2.05, 4.69) is 49.5 Å². The Morgan fingerprint density at radius 2 is 1.88 bits per heavy atom. The predicted molar refractivity (Wildman–Crippen MR) is 168 cm³/mol. The molecule has 1 aliphatic carbocycles. The van der Waals surface area contributed by atoms with Crippen molar-refractivity contribution in [3.05, 3.63) is 70.3 Å². The number of fused-ring (bicyclic) bond motifs is 2. The summed E-state index contributed by atoms with van der Waals surface area (Å²) in [5.41, 5.74) is 11.3. The second kappa shape index (κ2) is 10.6. The molecule has 1 aliphatic heterocycles. The molecule has 4 aromatic rings. The smallest absolute Gasteiger partial charge is 0.211 e. The van der Waals surface area contributed by atoms with Gasteiger partial charge < -0.3 is 10.6 Å². The second-order valence-corrected chi connectivity index (χ2v) is 15.6. The molecule has 3 N–H and O–H groups in total. The normalized spacial score (nSPS) is 19.2. The molecule has 1 aromatic carbocycles. The van der Waals surface area contributed by atoms with Gasteiger partial charge in [0, 0.05) is 30.4 Å². The highest BCUT2D eigenvalue weighted by Gasteiger charge is 2.49. The van der Waals surface area contributed by atoms with Crippen LogP contribution in [0.5, 0.6) is 0 Å². The summed E-state index contributed by atoms with van der Waals surface area (Å²) in [5.74, 6) is 1.21. The summed E-state index contributed by atoms with van der Waals surface area (Å²) in [4.78, 5) is 18.2. The molecule has 1 unspecified atom stereocenters. The van der Waals surface area contributed by atoms with E-state index in [4.69, 9.17) is 27.3 Å². The maximum absolute atomic E-state index is 13.3. The van der Waals surface area contributed by atoms with Gasteiger partial charge in [-0.15, -0.1) is 0 Å². The van der Waals surface area contributed by atoms with Crippen molar-refractivity contribution >= 4 is 51.8 Å².